The third kappa shape index (κ3) is 3.66. The highest BCUT2D eigenvalue weighted by atomic mass is 35.5. The third-order valence-corrected chi connectivity index (χ3v) is 3.67. The van der Waals surface area contributed by atoms with Gasteiger partial charge in [0.2, 0.25) is 0 Å². The van der Waals surface area contributed by atoms with Crippen LogP contribution in [0, 0.1) is 10.1 Å². The van der Waals surface area contributed by atoms with Gasteiger partial charge in [-0.1, -0.05) is 41.9 Å². The van der Waals surface area contributed by atoms with Gasteiger partial charge in [0.1, 0.15) is 24.7 Å². The average Bonchev–Trinajstić information content (AvgIpc) is 3.09. The molecule has 1 aromatic carbocycles. The molecule has 0 spiro atoms. The van der Waals surface area contributed by atoms with Gasteiger partial charge in [-0.25, -0.2) is 9.97 Å². The maximum absolute atomic E-state index is 10.8. The van der Waals surface area contributed by atoms with E-state index in [9.17, 15) is 10.1 Å². The minimum absolute atomic E-state index is 0.155. The molecule has 0 saturated carbocycles. The van der Waals surface area contributed by atoms with Crippen LogP contribution in [0.3, 0.4) is 0 Å². The number of nitrogens with one attached hydrogen (secondary N) is 1. The van der Waals surface area contributed by atoms with Gasteiger partial charge < -0.3 is 5.32 Å². The monoisotopic (exact) mass is 344 g/mol. The summed E-state index contributed by atoms with van der Waals surface area (Å²) in [6.07, 6.45) is 4.24. The minimum Gasteiger partial charge on any atom is -0.360 e. The van der Waals surface area contributed by atoms with E-state index in [2.05, 4.69) is 20.4 Å². The lowest BCUT2D eigenvalue weighted by atomic mass is 10.1. The van der Waals surface area contributed by atoms with Crippen LogP contribution in [0.4, 0.5) is 11.5 Å². The Morgan fingerprint density at radius 3 is 2.75 bits per heavy atom. The van der Waals surface area contributed by atoms with Crippen molar-refractivity contribution < 1.29 is 4.92 Å². The van der Waals surface area contributed by atoms with Crippen molar-refractivity contribution in [2.75, 3.05) is 5.32 Å². The fourth-order valence-corrected chi connectivity index (χ4v) is 2.45. The quantitative estimate of drug-likeness (QED) is 0.545. The number of pyridine rings is 1. The second kappa shape index (κ2) is 7.05. The van der Waals surface area contributed by atoms with Gasteiger partial charge in [0.05, 0.1) is 22.5 Å². The second-order valence-electron chi connectivity index (χ2n) is 5.01. The first-order chi connectivity index (χ1) is 11.6. The molecule has 24 heavy (non-hydrogen) atoms. The fourth-order valence-electron chi connectivity index (χ4n) is 2.23. The molecule has 0 radical (unpaired) electrons. The molecule has 122 valence electrons. The molecule has 3 rings (SSSR count). The number of nitrogens with zero attached hydrogens (tertiary/aromatic N) is 5. The van der Waals surface area contributed by atoms with Gasteiger partial charge >= 0.3 is 0 Å². The summed E-state index contributed by atoms with van der Waals surface area (Å²) >= 11 is 6.12. The van der Waals surface area contributed by atoms with Crippen LogP contribution in [0.25, 0.3) is 0 Å². The highest BCUT2D eigenvalue weighted by molar-refractivity contribution is 6.33. The number of benzene rings is 1. The van der Waals surface area contributed by atoms with Crippen molar-refractivity contribution in [2.24, 2.45) is 0 Å². The van der Waals surface area contributed by atoms with Gasteiger partial charge in [-0.05, 0) is 5.56 Å². The second-order valence-corrected chi connectivity index (χ2v) is 5.41. The summed E-state index contributed by atoms with van der Waals surface area (Å²) in [4.78, 5) is 18.2. The Morgan fingerprint density at radius 1 is 1.33 bits per heavy atom. The van der Waals surface area contributed by atoms with E-state index in [-0.39, 0.29) is 16.8 Å². The van der Waals surface area contributed by atoms with E-state index in [1.54, 1.807) is 11.0 Å². The van der Waals surface area contributed by atoms with Gasteiger partial charge in [0, 0.05) is 6.07 Å². The summed E-state index contributed by atoms with van der Waals surface area (Å²) in [5.74, 6) is 0.372. The minimum atomic E-state index is -0.535. The number of halogens is 1. The summed E-state index contributed by atoms with van der Waals surface area (Å²) in [5.41, 5.74) is 0.849. The Morgan fingerprint density at radius 2 is 2.12 bits per heavy atom. The van der Waals surface area contributed by atoms with Crippen molar-refractivity contribution in [2.45, 2.75) is 12.6 Å². The molecule has 2 aromatic heterocycles. The van der Waals surface area contributed by atoms with Gasteiger partial charge in [-0.15, -0.1) is 0 Å². The lowest BCUT2D eigenvalue weighted by molar-refractivity contribution is -0.385. The highest BCUT2D eigenvalue weighted by Crippen LogP contribution is 2.28. The van der Waals surface area contributed by atoms with Crippen molar-refractivity contribution in [1.29, 1.82) is 0 Å². The Labute approximate surface area is 142 Å². The Bertz CT molecular complexity index is 825. The van der Waals surface area contributed by atoms with Crippen LogP contribution in [0.1, 0.15) is 11.6 Å². The van der Waals surface area contributed by atoms with Crippen molar-refractivity contribution in [3.05, 3.63) is 76.0 Å². The van der Waals surface area contributed by atoms with E-state index in [1.165, 1.54) is 18.6 Å². The molecule has 8 nitrogen and oxygen atoms in total. The highest BCUT2D eigenvalue weighted by Gasteiger charge is 2.17. The molecule has 0 aliphatic rings. The van der Waals surface area contributed by atoms with E-state index in [4.69, 9.17) is 11.6 Å². The first kappa shape index (κ1) is 15.9. The summed E-state index contributed by atoms with van der Waals surface area (Å²) in [5, 5.41) is 18.3. The van der Waals surface area contributed by atoms with E-state index >= 15 is 0 Å². The Kier molecular flexibility index (Phi) is 4.66. The molecular formula is C15H13ClN6O2. The molecule has 0 saturated heterocycles. The predicted molar refractivity (Wildman–Crippen MR) is 88.7 cm³/mol. The van der Waals surface area contributed by atoms with Crippen LogP contribution in [-0.4, -0.2) is 24.7 Å². The van der Waals surface area contributed by atoms with Crippen molar-refractivity contribution in [3.63, 3.8) is 0 Å². The molecule has 0 aliphatic carbocycles. The zero-order chi connectivity index (χ0) is 16.9. The lowest BCUT2D eigenvalue weighted by Gasteiger charge is -2.20. The molecule has 0 unspecified atom stereocenters. The van der Waals surface area contributed by atoms with Gasteiger partial charge in [-0.3, -0.25) is 14.8 Å². The standard InChI is InChI=1S/C15H13ClN6O2/c16-13-6-12(22(23)24)7-18-15(13)20-14(8-21-10-17-9-19-21)11-4-2-1-3-5-11/h1-7,9-10,14H,8H2,(H,18,20)/t14-/m0/s1. The molecular weight excluding hydrogens is 332 g/mol. The molecule has 9 heteroatoms. The van der Waals surface area contributed by atoms with E-state index in [1.807, 2.05) is 30.3 Å². The summed E-state index contributed by atoms with van der Waals surface area (Å²) < 4.78 is 1.68. The van der Waals surface area contributed by atoms with Gasteiger partial charge in [0.15, 0.2) is 0 Å². The van der Waals surface area contributed by atoms with Crippen LogP contribution in [0.15, 0.2) is 55.2 Å². The maximum atomic E-state index is 10.8. The largest absolute Gasteiger partial charge is 0.360 e. The van der Waals surface area contributed by atoms with Crippen molar-refractivity contribution >= 4 is 23.1 Å². The van der Waals surface area contributed by atoms with Crippen LogP contribution >= 0.6 is 11.6 Å². The third-order valence-electron chi connectivity index (χ3n) is 3.39. The van der Waals surface area contributed by atoms with Crippen LogP contribution in [0.5, 0.6) is 0 Å². The predicted octanol–water partition coefficient (Wildman–Crippen LogP) is 3.09. The first-order valence-electron chi connectivity index (χ1n) is 7.07. The number of aromatic nitrogens is 4. The molecule has 1 atom stereocenters. The van der Waals surface area contributed by atoms with E-state index in [0.717, 1.165) is 5.56 Å². The number of hydrogen-bond acceptors (Lipinski definition) is 6. The summed E-state index contributed by atoms with van der Waals surface area (Å²) in [7, 11) is 0. The summed E-state index contributed by atoms with van der Waals surface area (Å²) in [6, 6.07) is 10.8. The van der Waals surface area contributed by atoms with Crippen molar-refractivity contribution in [1.82, 2.24) is 19.7 Å². The molecule has 2 heterocycles. The summed E-state index contributed by atoms with van der Waals surface area (Å²) in [6.45, 7) is 0.499. The Hall–Kier alpha value is -3.00. The molecule has 0 amide bonds. The SMILES string of the molecule is O=[N+]([O-])c1cnc(N[C@@H](Cn2cncn2)c2ccccc2)c(Cl)c1. The lowest BCUT2D eigenvalue weighted by Crippen LogP contribution is -2.18. The number of hydrogen-bond donors (Lipinski definition) is 1. The topological polar surface area (TPSA) is 98.8 Å². The van der Waals surface area contributed by atoms with Crippen LogP contribution in [0.2, 0.25) is 5.02 Å². The average molecular weight is 345 g/mol. The zero-order valence-electron chi connectivity index (χ0n) is 12.4. The van der Waals surface area contributed by atoms with Gasteiger partial charge in [0.25, 0.3) is 5.69 Å². The fraction of sp³-hybridized carbons (Fsp3) is 0.133. The van der Waals surface area contributed by atoms with Gasteiger partial charge in [-0.2, -0.15) is 5.10 Å². The number of rotatable bonds is 6. The zero-order valence-corrected chi connectivity index (χ0v) is 13.2. The smallest absolute Gasteiger partial charge is 0.289 e. The van der Waals surface area contributed by atoms with E-state index in [0.29, 0.717) is 12.4 Å². The first-order valence-corrected chi connectivity index (χ1v) is 7.45. The normalized spacial score (nSPS) is 11.9. The van der Waals surface area contributed by atoms with Crippen molar-refractivity contribution in [3.8, 4) is 0 Å². The number of anilines is 1. The molecule has 3 aromatic rings. The number of nitro groups is 1. The maximum Gasteiger partial charge on any atom is 0.289 e. The van der Waals surface area contributed by atoms with Crippen LogP contribution < -0.4 is 5.32 Å². The van der Waals surface area contributed by atoms with E-state index < -0.39 is 4.92 Å². The molecule has 0 aliphatic heterocycles. The molecule has 0 fully saturated rings. The molecule has 1 N–H and O–H groups in total. The van der Waals surface area contributed by atoms with Crippen LogP contribution in [-0.2, 0) is 6.54 Å². The Balaban J connectivity index is 1.88. The molecule has 0 bridgehead atoms.